The van der Waals surface area contributed by atoms with Gasteiger partial charge in [0.25, 0.3) is 0 Å². The molecule has 0 radical (unpaired) electrons. The maximum absolute atomic E-state index is 13.4. The molecule has 0 unspecified atom stereocenters. The normalized spacial score (nSPS) is 12.1. The van der Waals surface area contributed by atoms with Crippen LogP contribution in [-0.2, 0) is 0 Å². The van der Waals surface area contributed by atoms with Crippen LogP contribution in [0.2, 0.25) is 10.0 Å². The molecule has 1 aromatic heterocycles. The lowest BCUT2D eigenvalue weighted by Crippen LogP contribution is -2.32. The van der Waals surface area contributed by atoms with Gasteiger partial charge < -0.3 is 4.74 Å². The highest BCUT2D eigenvalue weighted by Crippen LogP contribution is 2.50. The molecule has 2 rings (SSSR count). The van der Waals surface area contributed by atoms with Crippen molar-refractivity contribution in [3.8, 4) is 11.8 Å². The first-order valence-corrected chi connectivity index (χ1v) is 8.93. The summed E-state index contributed by atoms with van der Waals surface area (Å²) in [5.41, 5.74) is 2.38. The van der Waals surface area contributed by atoms with Crippen molar-refractivity contribution < 1.29 is 26.7 Å². The minimum absolute atomic E-state index is 0.385. The van der Waals surface area contributed by atoms with Crippen molar-refractivity contribution in [2.24, 2.45) is 5.10 Å². The summed E-state index contributed by atoms with van der Waals surface area (Å²) in [7, 11) is 1.49. The summed E-state index contributed by atoms with van der Waals surface area (Å²) < 4.78 is 69.2. The van der Waals surface area contributed by atoms with Gasteiger partial charge in [-0.3, -0.25) is 5.43 Å². The third-order valence-corrected chi connectivity index (χ3v) is 5.04. The number of hydrazone groups is 1. The molecule has 0 aliphatic carbocycles. The number of nitrogens with zero attached hydrogens (tertiary/aromatic N) is 3. The molecule has 0 amide bonds. The smallest absolute Gasteiger partial charge is 0.464 e. The number of hydrogen-bond donors (Lipinski definition) is 1. The molecule has 5 nitrogen and oxygen atoms in total. The van der Waals surface area contributed by atoms with E-state index in [9.17, 15) is 22.0 Å². The largest absolute Gasteiger partial charge is 0.497 e. The van der Waals surface area contributed by atoms with E-state index in [-0.39, 0.29) is 5.02 Å². The highest BCUT2D eigenvalue weighted by molar-refractivity contribution is 8.00. The van der Waals surface area contributed by atoms with E-state index in [1.54, 1.807) is 30.3 Å². The molecule has 0 saturated heterocycles. The van der Waals surface area contributed by atoms with Crippen LogP contribution in [0.25, 0.3) is 0 Å². The van der Waals surface area contributed by atoms with Crippen LogP contribution in [0.15, 0.2) is 34.4 Å². The van der Waals surface area contributed by atoms with E-state index in [0.717, 1.165) is 0 Å². The molecule has 1 heterocycles. The number of pyridine rings is 1. The number of anilines is 1. The lowest BCUT2D eigenvalue weighted by molar-refractivity contribution is -0.237. The quantitative estimate of drug-likeness (QED) is 0.244. The van der Waals surface area contributed by atoms with Crippen LogP contribution >= 0.6 is 35.0 Å². The molecule has 0 aliphatic heterocycles. The van der Waals surface area contributed by atoms with Gasteiger partial charge in [0, 0.05) is 0 Å². The SMILES string of the molecule is COc1ccc(/C=N/Nc2nc(SC(F)(F)C(F)(F)F)c(Cl)c(C#N)c2Cl)cc1. The number of nitriles is 1. The fourth-order valence-corrected chi connectivity index (χ4v) is 3.05. The molecule has 2 aromatic rings. The Labute approximate surface area is 175 Å². The first kappa shape index (κ1) is 23.0. The third-order valence-electron chi connectivity index (χ3n) is 3.21. The monoisotopic (exact) mass is 470 g/mol. The lowest BCUT2D eigenvalue weighted by atomic mass is 10.2. The van der Waals surface area contributed by atoms with Gasteiger partial charge in [-0.15, -0.1) is 0 Å². The average molecular weight is 471 g/mol. The summed E-state index contributed by atoms with van der Waals surface area (Å²) in [6.07, 6.45) is -4.55. The van der Waals surface area contributed by atoms with Gasteiger partial charge in [-0.05, 0) is 41.6 Å². The van der Waals surface area contributed by atoms with E-state index in [2.05, 4.69) is 15.5 Å². The van der Waals surface area contributed by atoms with Gasteiger partial charge in [-0.2, -0.15) is 32.3 Å². The van der Waals surface area contributed by atoms with Crippen molar-refractivity contribution >= 4 is 47.0 Å². The Kier molecular flexibility index (Phi) is 7.15. The first-order chi connectivity index (χ1) is 13.5. The minimum atomic E-state index is -5.85. The standard InChI is InChI=1S/C16H9Cl2F5N4OS/c1-28-9-4-2-8(3-5-9)7-25-27-13-11(17)10(6-24)12(18)14(26-13)29-16(22,23)15(19,20)21/h2-5,7H,1H3,(H,26,27)/b25-7+. The molecule has 1 N–H and O–H groups in total. The van der Waals surface area contributed by atoms with Crippen LogP contribution in [-0.4, -0.2) is 29.7 Å². The van der Waals surface area contributed by atoms with Gasteiger partial charge in [0.1, 0.15) is 21.9 Å². The number of methoxy groups -OCH3 is 1. The van der Waals surface area contributed by atoms with Crippen molar-refractivity contribution in [1.82, 2.24) is 4.98 Å². The van der Waals surface area contributed by atoms with Gasteiger partial charge in [0.2, 0.25) is 0 Å². The van der Waals surface area contributed by atoms with Crippen LogP contribution in [0.4, 0.5) is 27.8 Å². The fourth-order valence-electron chi connectivity index (χ4n) is 1.80. The van der Waals surface area contributed by atoms with Crippen molar-refractivity contribution in [3.63, 3.8) is 0 Å². The predicted molar refractivity (Wildman–Crippen MR) is 100 cm³/mol. The van der Waals surface area contributed by atoms with E-state index in [1.165, 1.54) is 13.3 Å². The van der Waals surface area contributed by atoms with E-state index in [4.69, 9.17) is 33.2 Å². The Hall–Kier alpha value is -2.29. The Morgan fingerprint density at radius 1 is 1.17 bits per heavy atom. The van der Waals surface area contributed by atoms with E-state index >= 15 is 0 Å². The van der Waals surface area contributed by atoms with Crippen LogP contribution in [0, 0.1) is 11.3 Å². The Morgan fingerprint density at radius 2 is 1.79 bits per heavy atom. The second-order valence-electron chi connectivity index (χ2n) is 5.14. The average Bonchev–Trinajstić information content (AvgIpc) is 2.65. The van der Waals surface area contributed by atoms with Crippen molar-refractivity contribution in [2.75, 3.05) is 12.5 Å². The number of alkyl halides is 5. The third kappa shape index (κ3) is 5.41. The molecule has 0 spiro atoms. The summed E-state index contributed by atoms with van der Waals surface area (Å²) >= 11 is 10.7. The molecule has 0 fully saturated rings. The van der Waals surface area contributed by atoms with Crippen molar-refractivity contribution in [1.29, 1.82) is 5.26 Å². The van der Waals surface area contributed by atoms with Gasteiger partial charge in [0.05, 0.1) is 23.9 Å². The van der Waals surface area contributed by atoms with E-state index < -0.39 is 44.6 Å². The number of rotatable bonds is 6. The van der Waals surface area contributed by atoms with Crippen molar-refractivity contribution in [3.05, 3.63) is 45.4 Å². The number of halogens is 7. The zero-order valence-corrected chi connectivity index (χ0v) is 16.5. The summed E-state index contributed by atoms with van der Waals surface area (Å²) in [6, 6.07) is 8.13. The summed E-state index contributed by atoms with van der Waals surface area (Å²) in [4.78, 5) is 3.56. The van der Waals surface area contributed by atoms with Gasteiger partial charge >= 0.3 is 11.4 Å². The molecule has 1 aromatic carbocycles. The number of ether oxygens (including phenoxy) is 1. The van der Waals surface area contributed by atoms with Crippen LogP contribution in [0.3, 0.4) is 0 Å². The second-order valence-corrected chi connectivity index (χ2v) is 7.00. The predicted octanol–water partition coefficient (Wildman–Crippen LogP) is 5.96. The highest BCUT2D eigenvalue weighted by atomic mass is 35.5. The molecule has 154 valence electrons. The Balaban J connectivity index is 2.34. The number of thioether (sulfide) groups is 1. The molecule has 29 heavy (non-hydrogen) atoms. The maximum Gasteiger partial charge on any atom is 0.464 e. The minimum Gasteiger partial charge on any atom is -0.497 e. The second kappa shape index (κ2) is 9.02. The molecule has 0 bridgehead atoms. The molecule has 13 heteroatoms. The highest BCUT2D eigenvalue weighted by Gasteiger charge is 2.59. The topological polar surface area (TPSA) is 70.3 Å². The van der Waals surface area contributed by atoms with Gasteiger partial charge in [-0.25, -0.2) is 4.98 Å². The van der Waals surface area contributed by atoms with Gasteiger partial charge in [-0.1, -0.05) is 23.2 Å². The fraction of sp³-hybridized carbons (Fsp3) is 0.188. The molecular weight excluding hydrogens is 462 g/mol. The lowest BCUT2D eigenvalue weighted by Gasteiger charge is -2.19. The summed E-state index contributed by atoms with van der Waals surface area (Å²) in [5.74, 6) is 0.182. The first-order valence-electron chi connectivity index (χ1n) is 7.36. The van der Waals surface area contributed by atoms with E-state index in [1.807, 2.05) is 0 Å². The summed E-state index contributed by atoms with van der Waals surface area (Å²) in [6.45, 7) is 0. The zero-order chi connectivity index (χ0) is 21.8. The van der Waals surface area contributed by atoms with Crippen molar-refractivity contribution in [2.45, 2.75) is 16.5 Å². The summed E-state index contributed by atoms with van der Waals surface area (Å²) in [5, 5.41) is 5.67. The maximum atomic E-state index is 13.4. The zero-order valence-electron chi connectivity index (χ0n) is 14.2. The van der Waals surface area contributed by atoms with Crippen LogP contribution in [0.1, 0.15) is 11.1 Å². The number of nitrogens with one attached hydrogen (secondary N) is 1. The Bertz CT molecular complexity index is 962. The van der Waals surface area contributed by atoms with Crippen LogP contribution in [0.5, 0.6) is 5.75 Å². The molecule has 0 atom stereocenters. The van der Waals surface area contributed by atoms with E-state index in [0.29, 0.717) is 11.3 Å². The number of aromatic nitrogens is 1. The molecular formula is C16H9Cl2F5N4OS. The van der Waals surface area contributed by atoms with Crippen LogP contribution < -0.4 is 10.2 Å². The van der Waals surface area contributed by atoms with Gasteiger partial charge in [0.15, 0.2) is 5.82 Å². The molecule has 0 saturated carbocycles. The number of benzene rings is 1. The Morgan fingerprint density at radius 3 is 2.31 bits per heavy atom. The molecule has 0 aliphatic rings. The number of hydrogen-bond acceptors (Lipinski definition) is 6.